The molecule has 1 aliphatic heterocycles. The van der Waals surface area contributed by atoms with Gasteiger partial charge in [0.2, 0.25) is 0 Å². The number of hydrogen-bond donors (Lipinski definition) is 0. The Kier molecular flexibility index (Phi) is 6.82. The van der Waals surface area contributed by atoms with Crippen LogP contribution in [0.4, 0.5) is 0 Å². The number of carbonyl (C=O) groups is 1. The first-order valence-corrected chi connectivity index (χ1v) is 16.7. The van der Waals surface area contributed by atoms with Crippen molar-refractivity contribution in [1.29, 1.82) is 5.26 Å². The predicted molar refractivity (Wildman–Crippen MR) is 155 cm³/mol. The lowest BCUT2D eigenvalue weighted by Crippen LogP contribution is -2.44. The van der Waals surface area contributed by atoms with Crippen LogP contribution in [0.2, 0.25) is 18.1 Å². The maximum Gasteiger partial charge on any atom is 0.197 e. The number of benzene rings is 2. The van der Waals surface area contributed by atoms with Gasteiger partial charge in [0, 0.05) is 16.4 Å². The molecule has 2 aliphatic rings. The Hall–Kier alpha value is -2.96. The van der Waals surface area contributed by atoms with Crippen molar-refractivity contribution in [3.63, 3.8) is 0 Å². The van der Waals surface area contributed by atoms with Crippen molar-refractivity contribution in [3.8, 4) is 11.8 Å². The molecule has 40 heavy (non-hydrogen) atoms. The van der Waals surface area contributed by atoms with Crippen molar-refractivity contribution in [2.75, 3.05) is 13.2 Å². The van der Waals surface area contributed by atoms with E-state index in [-0.39, 0.29) is 29.6 Å². The molecule has 1 fully saturated rings. The number of rotatable bonds is 6. The van der Waals surface area contributed by atoms with Gasteiger partial charge in [0.25, 0.3) is 0 Å². The molecule has 2 atom stereocenters. The zero-order chi connectivity index (χ0) is 29.3. The maximum absolute atomic E-state index is 13.6. The van der Waals surface area contributed by atoms with Gasteiger partial charge in [-0.1, -0.05) is 20.8 Å². The van der Waals surface area contributed by atoms with Crippen LogP contribution in [0, 0.1) is 11.3 Å². The van der Waals surface area contributed by atoms with E-state index in [2.05, 4.69) is 39.9 Å². The Morgan fingerprint density at radius 3 is 2.33 bits per heavy atom. The molecule has 8 heteroatoms. The summed E-state index contributed by atoms with van der Waals surface area (Å²) in [6.45, 7) is 19.7. The van der Waals surface area contributed by atoms with Gasteiger partial charge in [0.05, 0.1) is 23.8 Å². The molecule has 7 nitrogen and oxygen atoms in total. The first-order chi connectivity index (χ1) is 18.5. The molecular weight excluding hydrogens is 522 g/mol. The second-order valence-corrected chi connectivity index (χ2v) is 18.2. The molecule has 3 aromatic rings. The second kappa shape index (κ2) is 9.56. The smallest absolute Gasteiger partial charge is 0.197 e. The Labute approximate surface area is 237 Å². The van der Waals surface area contributed by atoms with Gasteiger partial charge in [-0.3, -0.25) is 4.79 Å². The van der Waals surface area contributed by atoms with Crippen LogP contribution in [0.3, 0.4) is 0 Å². The van der Waals surface area contributed by atoms with Gasteiger partial charge in [0.15, 0.2) is 19.9 Å². The van der Waals surface area contributed by atoms with E-state index >= 15 is 0 Å². The fraction of sp³-hybridized carbons (Fsp3) is 0.500. The third-order valence-corrected chi connectivity index (χ3v) is 13.1. The average Bonchev–Trinajstić information content (AvgIpc) is 3.41. The minimum atomic E-state index is -1.95. The fourth-order valence-corrected chi connectivity index (χ4v) is 6.31. The summed E-state index contributed by atoms with van der Waals surface area (Å²) in [7, 11) is -1.95. The summed E-state index contributed by atoms with van der Waals surface area (Å²) in [5.41, 5.74) is 2.48. The number of ketones is 1. The minimum absolute atomic E-state index is 0.0866. The highest BCUT2D eigenvalue weighted by molar-refractivity contribution is 6.74. The predicted octanol–water partition coefficient (Wildman–Crippen LogP) is 7.10. The number of ether oxygens (including phenoxy) is 3. The molecule has 0 radical (unpaired) electrons. The van der Waals surface area contributed by atoms with Crippen molar-refractivity contribution < 1.29 is 27.8 Å². The molecule has 1 saturated heterocycles. The average molecular weight is 562 g/mol. The van der Waals surface area contributed by atoms with Crippen LogP contribution < -0.4 is 4.74 Å². The first kappa shape index (κ1) is 28.6. The molecule has 1 aliphatic carbocycles. The van der Waals surface area contributed by atoms with Crippen molar-refractivity contribution in [2.24, 2.45) is 0 Å². The topological polar surface area (TPSA) is 90.9 Å². The standard InChI is InChI=1S/C32H39NO6Si/c1-30(2,3)40(8,9)36-18-26-25(38-32(6,7)39-26)17-35-20-11-13-21-23(15-20)31(4,5)29-27(28(21)34)22-12-10-19(16-33)14-24(22)37-29/h10-15,25-26H,17-18H2,1-9H3/t25-,26-/m1/s1. The second-order valence-electron chi connectivity index (χ2n) is 13.4. The SMILES string of the molecule is CC1(C)O[C@H](COc2ccc3c(c2)C(C)(C)c2oc4cc(C#N)ccc4c2C3=O)[C@@H](CO[Si](C)(C)C(C)(C)C)O1. The lowest BCUT2D eigenvalue weighted by atomic mass is 9.71. The molecule has 0 unspecified atom stereocenters. The van der Waals surface area contributed by atoms with E-state index in [9.17, 15) is 10.1 Å². The molecule has 0 N–H and O–H groups in total. The molecule has 0 saturated carbocycles. The quantitative estimate of drug-likeness (QED) is 0.297. The van der Waals surface area contributed by atoms with Gasteiger partial charge in [0.1, 0.15) is 35.9 Å². The van der Waals surface area contributed by atoms with E-state index in [1.807, 2.05) is 45.9 Å². The van der Waals surface area contributed by atoms with Crippen molar-refractivity contribution in [3.05, 3.63) is 64.4 Å². The van der Waals surface area contributed by atoms with E-state index in [1.54, 1.807) is 18.2 Å². The Bertz CT molecular complexity index is 1520. The summed E-state index contributed by atoms with van der Waals surface area (Å²) in [5.74, 6) is 0.423. The molecule has 2 heterocycles. The zero-order valence-electron chi connectivity index (χ0n) is 24.9. The van der Waals surface area contributed by atoms with E-state index in [1.165, 1.54) is 0 Å². The van der Waals surface area contributed by atoms with Crippen LogP contribution in [0.25, 0.3) is 11.0 Å². The Morgan fingerprint density at radius 1 is 1.00 bits per heavy atom. The zero-order valence-corrected chi connectivity index (χ0v) is 25.9. The highest BCUT2D eigenvalue weighted by Crippen LogP contribution is 2.46. The minimum Gasteiger partial charge on any atom is -0.491 e. The van der Waals surface area contributed by atoms with Crippen molar-refractivity contribution in [2.45, 2.75) is 90.0 Å². The van der Waals surface area contributed by atoms with Gasteiger partial charge in [-0.25, -0.2) is 0 Å². The highest BCUT2D eigenvalue weighted by atomic mass is 28.4. The normalized spacial score (nSPS) is 21.6. The summed E-state index contributed by atoms with van der Waals surface area (Å²) in [4.78, 5) is 13.6. The van der Waals surface area contributed by atoms with Crippen LogP contribution in [-0.4, -0.2) is 45.3 Å². The maximum atomic E-state index is 13.6. The summed E-state index contributed by atoms with van der Waals surface area (Å²) >= 11 is 0. The molecule has 0 bridgehead atoms. The van der Waals surface area contributed by atoms with Gasteiger partial charge in [-0.15, -0.1) is 0 Å². The van der Waals surface area contributed by atoms with E-state index in [0.29, 0.717) is 40.4 Å². The third kappa shape index (κ3) is 4.90. The number of carbonyl (C=O) groups excluding carboxylic acids is 1. The highest BCUT2D eigenvalue weighted by Gasteiger charge is 2.45. The molecule has 5 rings (SSSR count). The van der Waals surface area contributed by atoms with Crippen LogP contribution >= 0.6 is 0 Å². The lowest BCUT2D eigenvalue weighted by Gasteiger charge is -2.37. The number of nitrogens with zero attached hydrogens (tertiary/aromatic N) is 1. The molecule has 1 aromatic heterocycles. The lowest BCUT2D eigenvalue weighted by molar-refractivity contribution is -0.150. The fourth-order valence-electron chi connectivity index (χ4n) is 5.29. The number of hydrogen-bond acceptors (Lipinski definition) is 7. The van der Waals surface area contributed by atoms with E-state index < -0.39 is 19.5 Å². The largest absolute Gasteiger partial charge is 0.491 e. The summed E-state index contributed by atoms with van der Waals surface area (Å²) < 4.78 is 31.3. The molecule has 2 aromatic carbocycles. The van der Waals surface area contributed by atoms with Crippen LogP contribution in [-0.2, 0) is 19.3 Å². The van der Waals surface area contributed by atoms with Crippen LogP contribution in [0.5, 0.6) is 5.75 Å². The monoisotopic (exact) mass is 561 g/mol. The number of nitriles is 1. The summed E-state index contributed by atoms with van der Waals surface area (Å²) in [6, 6.07) is 12.9. The number of furan rings is 1. The van der Waals surface area contributed by atoms with Crippen molar-refractivity contribution >= 4 is 25.1 Å². The van der Waals surface area contributed by atoms with E-state index in [4.69, 9.17) is 23.1 Å². The molecular formula is C32H39NO6Si. The van der Waals surface area contributed by atoms with Crippen LogP contribution in [0.1, 0.15) is 81.3 Å². The Balaban J connectivity index is 1.37. The first-order valence-electron chi connectivity index (χ1n) is 13.8. The van der Waals surface area contributed by atoms with Gasteiger partial charge < -0.3 is 23.1 Å². The molecule has 0 amide bonds. The molecule has 0 spiro atoms. The third-order valence-electron chi connectivity index (χ3n) is 8.64. The summed E-state index contributed by atoms with van der Waals surface area (Å²) in [6.07, 6.45) is -0.557. The van der Waals surface area contributed by atoms with Gasteiger partial charge in [-0.2, -0.15) is 5.26 Å². The Morgan fingerprint density at radius 2 is 1.68 bits per heavy atom. The van der Waals surface area contributed by atoms with Crippen LogP contribution in [0.15, 0.2) is 40.8 Å². The van der Waals surface area contributed by atoms with Gasteiger partial charge >= 0.3 is 0 Å². The van der Waals surface area contributed by atoms with Gasteiger partial charge in [-0.05, 0) is 87.8 Å². The van der Waals surface area contributed by atoms with E-state index in [0.717, 1.165) is 10.9 Å². The number of fused-ring (bicyclic) bond motifs is 4. The van der Waals surface area contributed by atoms with Crippen molar-refractivity contribution in [1.82, 2.24) is 0 Å². The molecule has 212 valence electrons. The summed E-state index contributed by atoms with van der Waals surface area (Å²) in [5, 5.41) is 10.1.